The molecule has 1 atom stereocenters. The van der Waals surface area contributed by atoms with Gasteiger partial charge in [-0.15, -0.1) is 0 Å². The Labute approximate surface area is 86.7 Å². The predicted molar refractivity (Wildman–Crippen MR) is 56.2 cm³/mol. The average molecular weight is 239 g/mol. The molecule has 0 aliphatic carbocycles. The molecule has 1 rings (SSSR count). The van der Waals surface area contributed by atoms with Crippen molar-refractivity contribution < 1.29 is 0 Å². The van der Waals surface area contributed by atoms with Crippen LogP contribution in [-0.4, -0.2) is 7.05 Å². The van der Waals surface area contributed by atoms with Crippen molar-refractivity contribution in [3.63, 3.8) is 0 Å². The number of benzene rings is 1. The van der Waals surface area contributed by atoms with Crippen LogP contribution in [0.15, 0.2) is 28.7 Å². The van der Waals surface area contributed by atoms with Crippen LogP contribution in [-0.2, 0) is 5.54 Å². The van der Waals surface area contributed by atoms with Crippen molar-refractivity contribution in [3.8, 4) is 6.07 Å². The van der Waals surface area contributed by atoms with Crippen LogP contribution in [0.5, 0.6) is 0 Å². The van der Waals surface area contributed by atoms with E-state index in [-0.39, 0.29) is 0 Å². The fourth-order valence-corrected chi connectivity index (χ4v) is 1.80. The van der Waals surface area contributed by atoms with E-state index in [1.54, 1.807) is 7.05 Å². The number of halogens is 1. The number of hydrogen-bond donors (Lipinski definition) is 1. The van der Waals surface area contributed by atoms with Gasteiger partial charge in [-0.3, -0.25) is 5.32 Å². The molecule has 0 saturated heterocycles. The molecule has 0 saturated carbocycles. The van der Waals surface area contributed by atoms with Crippen molar-refractivity contribution in [2.75, 3.05) is 7.05 Å². The fraction of sp³-hybridized carbons (Fsp3) is 0.300. The third kappa shape index (κ3) is 1.90. The first-order chi connectivity index (χ1) is 6.14. The van der Waals surface area contributed by atoms with Gasteiger partial charge in [0.05, 0.1) is 6.07 Å². The van der Waals surface area contributed by atoms with Crippen LogP contribution in [0.1, 0.15) is 12.5 Å². The number of nitrogens with one attached hydrogen (secondary N) is 1. The van der Waals surface area contributed by atoms with E-state index in [1.165, 1.54) is 0 Å². The first-order valence-corrected chi connectivity index (χ1v) is 4.78. The van der Waals surface area contributed by atoms with Gasteiger partial charge in [-0.1, -0.05) is 34.1 Å². The molecule has 0 bridgehead atoms. The molecule has 0 heterocycles. The molecule has 1 aromatic rings. The van der Waals surface area contributed by atoms with Crippen LogP contribution in [0.4, 0.5) is 0 Å². The minimum absolute atomic E-state index is 0.625. The summed E-state index contributed by atoms with van der Waals surface area (Å²) in [5, 5.41) is 12.0. The van der Waals surface area contributed by atoms with Gasteiger partial charge in [-0.2, -0.15) is 5.26 Å². The Bertz CT molecular complexity index is 343. The van der Waals surface area contributed by atoms with E-state index in [2.05, 4.69) is 27.3 Å². The molecule has 1 aromatic carbocycles. The highest BCUT2D eigenvalue weighted by Crippen LogP contribution is 2.26. The second-order valence-corrected chi connectivity index (χ2v) is 3.82. The molecular weight excluding hydrogens is 228 g/mol. The van der Waals surface area contributed by atoms with E-state index < -0.39 is 5.54 Å². The smallest absolute Gasteiger partial charge is 0.130 e. The minimum Gasteiger partial charge on any atom is -0.299 e. The maximum absolute atomic E-state index is 9.03. The van der Waals surface area contributed by atoms with Crippen LogP contribution in [0.2, 0.25) is 0 Å². The summed E-state index contributed by atoms with van der Waals surface area (Å²) in [6.45, 7) is 1.85. The summed E-state index contributed by atoms with van der Waals surface area (Å²) >= 11 is 3.42. The summed E-state index contributed by atoms with van der Waals surface area (Å²) in [5.41, 5.74) is 0.333. The zero-order valence-corrected chi connectivity index (χ0v) is 9.22. The minimum atomic E-state index is -0.625. The third-order valence-electron chi connectivity index (χ3n) is 2.14. The number of rotatable bonds is 2. The number of nitriles is 1. The molecule has 1 unspecified atom stereocenters. The van der Waals surface area contributed by atoms with Crippen molar-refractivity contribution in [2.24, 2.45) is 0 Å². The summed E-state index contributed by atoms with van der Waals surface area (Å²) in [6, 6.07) is 9.97. The van der Waals surface area contributed by atoms with Crippen molar-refractivity contribution in [1.29, 1.82) is 5.26 Å². The lowest BCUT2D eigenvalue weighted by Crippen LogP contribution is -2.35. The van der Waals surface area contributed by atoms with Crippen LogP contribution < -0.4 is 5.32 Å². The molecule has 0 aliphatic heterocycles. The number of nitrogens with zero attached hydrogens (tertiary/aromatic N) is 1. The molecule has 0 radical (unpaired) electrons. The third-order valence-corrected chi connectivity index (χ3v) is 2.83. The average Bonchev–Trinajstić information content (AvgIpc) is 2.17. The van der Waals surface area contributed by atoms with Gasteiger partial charge in [0.25, 0.3) is 0 Å². The highest BCUT2D eigenvalue weighted by atomic mass is 79.9. The van der Waals surface area contributed by atoms with E-state index in [0.29, 0.717) is 0 Å². The molecule has 3 heteroatoms. The topological polar surface area (TPSA) is 35.8 Å². The summed E-state index contributed by atoms with van der Waals surface area (Å²) in [7, 11) is 1.78. The summed E-state index contributed by atoms with van der Waals surface area (Å²) < 4.78 is 0.952. The van der Waals surface area contributed by atoms with Gasteiger partial charge in [-0.05, 0) is 20.0 Å². The molecule has 13 heavy (non-hydrogen) atoms. The predicted octanol–water partition coefficient (Wildman–Crippen LogP) is 2.41. The van der Waals surface area contributed by atoms with E-state index in [9.17, 15) is 0 Å². The van der Waals surface area contributed by atoms with E-state index in [0.717, 1.165) is 10.0 Å². The molecule has 0 aliphatic rings. The van der Waals surface area contributed by atoms with Gasteiger partial charge in [-0.25, -0.2) is 0 Å². The van der Waals surface area contributed by atoms with Crippen LogP contribution in [0.25, 0.3) is 0 Å². The van der Waals surface area contributed by atoms with Gasteiger partial charge in [0.2, 0.25) is 0 Å². The van der Waals surface area contributed by atoms with E-state index in [4.69, 9.17) is 5.26 Å². The maximum Gasteiger partial charge on any atom is 0.130 e. The first-order valence-electron chi connectivity index (χ1n) is 3.99. The van der Waals surface area contributed by atoms with Crippen LogP contribution >= 0.6 is 15.9 Å². The SMILES string of the molecule is CNC(C)(C#N)c1ccccc1Br. The van der Waals surface area contributed by atoms with Crippen molar-refractivity contribution in [2.45, 2.75) is 12.5 Å². The zero-order chi connectivity index (χ0) is 9.90. The van der Waals surface area contributed by atoms with Crippen molar-refractivity contribution in [1.82, 2.24) is 5.32 Å². The highest BCUT2D eigenvalue weighted by Gasteiger charge is 2.25. The Balaban J connectivity index is 3.22. The van der Waals surface area contributed by atoms with Crippen LogP contribution in [0, 0.1) is 11.3 Å². The Morgan fingerprint density at radius 1 is 1.46 bits per heavy atom. The molecule has 1 N–H and O–H groups in total. The fourth-order valence-electron chi connectivity index (χ4n) is 1.12. The molecule has 0 aromatic heterocycles. The van der Waals surface area contributed by atoms with Gasteiger partial charge in [0, 0.05) is 10.0 Å². The standard InChI is InChI=1S/C10H11BrN2/c1-10(7-12,13-2)8-5-3-4-6-9(8)11/h3-6,13H,1-2H3. The van der Waals surface area contributed by atoms with Crippen molar-refractivity contribution >= 4 is 15.9 Å². The zero-order valence-electron chi connectivity index (χ0n) is 7.63. The molecule has 2 nitrogen and oxygen atoms in total. The lowest BCUT2D eigenvalue weighted by atomic mass is 9.94. The second kappa shape index (κ2) is 3.91. The lowest BCUT2D eigenvalue weighted by Gasteiger charge is -2.22. The Morgan fingerprint density at radius 3 is 2.54 bits per heavy atom. The Hall–Kier alpha value is -0.850. The quantitative estimate of drug-likeness (QED) is 0.860. The van der Waals surface area contributed by atoms with Gasteiger partial charge < -0.3 is 0 Å². The molecular formula is C10H11BrN2. The largest absolute Gasteiger partial charge is 0.299 e. The molecule has 0 amide bonds. The highest BCUT2D eigenvalue weighted by molar-refractivity contribution is 9.10. The monoisotopic (exact) mass is 238 g/mol. The normalized spacial score (nSPS) is 14.6. The summed E-state index contributed by atoms with van der Waals surface area (Å²) in [4.78, 5) is 0. The van der Waals surface area contributed by atoms with Crippen LogP contribution in [0.3, 0.4) is 0 Å². The Morgan fingerprint density at radius 2 is 2.08 bits per heavy atom. The number of hydrogen-bond acceptors (Lipinski definition) is 2. The molecule has 68 valence electrons. The maximum atomic E-state index is 9.03. The van der Waals surface area contributed by atoms with Gasteiger partial charge in [0.15, 0.2) is 0 Å². The molecule has 0 spiro atoms. The summed E-state index contributed by atoms with van der Waals surface area (Å²) in [5.74, 6) is 0. The molecule has 0 fully saturated rings. The van der Waals surface area contributed by atoms with E-state index in [1.807, 2.05) is 31.2 Å². The van der Waals surface area contributed by atoms with Gasteiger partial charge >= 0.3 is 0 Å². The first kappa shape index (κ1) is 10.2. The lowest BCUT2D eigenvalue weighted by molar-refractivity contribution is 0.516. The second-order valence-electron chi connectivity index (χ2n) is 2.97. The van der Waals surface area contributed by atoms with Crippen molar-refractivity contribution in [3.05, 3.63) is 34.3 Å². The summed E-state index contributed by atoms with van der Waals surface area (Å²) in [6.07, 6.45) is 0. The van der Waals surface area contributed by atoms with E-state index >= 15 is 0 Å². The Kier molecular flexibility index (Phi) is 3.07. The van der Waals surface area contributed by atoms with Gasteiger partial charge in [0.1, 0.15) is 5.54 Å².